The number of aryl methyl sites for hydroxylation is 1. The molecule has 0 saturated heterocycles. The van der Waals surface area contributed by atoms with Crippen molar-refractivity contribution >= 4 is 11.9 Å². The van der Waals surface area contributed by atoms with Gasteiger partial charge >= 0.3 is 6.09 Å². The molecule has 1 atom stereocenters. The lowest BCUT2D eigenvalue weighted by molar-refractivity contribution is 0.113. The Bertz CT molecular complexity index is 439. The molecule has 0 fully saturated rings. The minimum absolute atomic E-state index is 0.0973. The largest absolute Gasteiger partial charge is 0.446 e. The van der Waals surface area contributed by atoms with Gasteiger partial charge in [0.25, 0.3) is 0 Å². The standard InChI is InChI=1S/C15H26N4O2/c1-5-19(4)11-7-6-8-12(2)21-15(20)18-14-9-10-16-13(3)17-14/h9-10,12H,5-8,11H2,1-4H3,(H,16,17,18,20). The van der Waals surface area contributed by atoms with Crippen LogP contribution >= 0.6 is 0 Å². The number of carbonyl (C=O) groups is 1. The van der Waals surface area contributed by atoms with Crippen molar-refractivity contribution < 1.29 is 9.53 Å². The van der Waals surface area contributed by atoms with E-state index >= 15 is 0 Å². The third kappa shape index (κ3) is 7.60. The summed E-state index contributed by atoms with van der Waals surface area (Å²) in [6.45, 7) is 7.97. The van der Waals surface area contributed by atoms with Gasteiger partial charge in [0.15, 0.2) is 0 Å². The van der Waals surface area contributed by atoms with E-state index in [1.807, 2.05) is 6.92 Å². The number of ether oxygens (including phenoxy) is 1. The lowest BCUT2D eigenvalue weighted by Crippen LogP contribution is -2.22. The van der Waals surface area contributed by atoms with Gasteiger partial charge in [-0.2, -0.15) is 0 Å². The number of nitrogens with one attached hydrogen (secondary N) is 1. The van der Waals surface area contributed by atoms with Crippen molar-refractivity contribution in [3.05, 3.63) is 18.1 Å². The second-order valence-corrected chi connectivity index (χ2v) is 5.22. The number of anilines is 1. The van der Waals surface area contributed by atoms with Crippen LogP contribution in [-0.2, 0) is 4.74 Å². The summed E-state index contributed by atoms with van der Waals surface area (Å²) in [5.74, 6) is 1.07. The molecule has 21 heavy (non-hydrogen) atoms. The molecule has 0 aliphatic heterocycles. The Morgan fingerprint density at radius 1 is 1.48 bits per heavy atom. The number of hydrogen-bond acceptors (Lipinski definition) is 5. The fourth-order valence-corrected chi connectivity index (χ4v) is 1.87. The Morgan fingerprint density at radius 2 is 2.24 bits per heavy atom. The Labute approximate surface area is 126 Å². The lowest BCUT2D eigenvalue weighted by Gasteiger charge is -2.16. The van der Waals surface area contributed by atoms with E-state index in [0.29, 0.717) is 11.6 Å². The van der Waals surface area contributed by atoms with Gasteiger partial charge in [-0.3, -0.25) is 5.32 Å². The molecule has 0 radical (unpaired) electrons. The van der Waals surface area contributed by atoms with Crippen LogP contribution in [0.5, 0.6) is 0 Å². The van der Waals surface area contributed by atoms with Gasteiger partial charge in [0, 0.05) is 6.20 Å². The molecule has 1 aromatic heterocycles. The molecule has 1 rings (SSSR count). The predicted molar refractivity (Wildman–Crippen MR) is 83.4 cm³/mol. The van der Waals surface area contributed by atoms with E-state index in [2.05, 4.69) is 34.2 Å². The molecule has 0 spiro atoms. The van der Waals surface area contributed by atoms with Crippen LogP contribution in [0.25, 0.3) is 0 Å². The number of hydrogen-bond donors (Lipinski definition) is 1. The maximum Gasteiger partial charge on any atom is 0.413 e. The quantitative estimate of drug-likeness (QED) is 0.747. The normalized spacial score (nSPS) is 12.2. The molecule has 6 nitrogen and oxygen atoms in total. The zero-order valence-corrected chi connectivity index (χ0v) is 13.4. The summed E-state index contributed by atoms with van der Waals surface area (Å²) in [7, 11) is 2.11. The third-order valence-corrected chi connectivity index (χ3v) is 3.25. The monoisotopic (exact) mass is 294 g/mol. The molecule has 1 N–H and O–H groups in total. The van der Waals surface area contributed by atoms with E-state index in [4.69, 9.17) is 4.74 Å². The summed E-state index contributed by atoms with van der Waals surface area (Å²) < 4.78 is 5.30. The zero-order valence-electron chi connectivity index (χ0n) is 13.4. The number of aromatic nitrogens is 2. The summed E-state index contributed by atoms with van der Waals surface area (Å²) in [4.78, 5) is 22.1. The van der Waals surface area contributed by atoms with E-state index in [9.17, 15) is 4.79 Å². The summed E-state index contributed by atoms with van der Waals surface area (Å²) in [5, 5.41) is 2.61. The van der Waals surface area contributed by atoms with Crippen molar-refractivity contribution in [2.24, 2.45) is 0 Å². The van der Waals surface area contributed by atoms with Crippen molar-refractivity contribution in [2.75, 3.05) is 25.5 Å². The predicted octanol–water partition coefficient (Wildman–Crippen LogP) is 2.84. The fraction of sp³-hybridized carbons (Fsp3) is 0.667. The molecule has 0 aliphatic carbocycles. The van der Waals surface area contributed by atoms with E-state index < -0.39 is 6.09 Å². The molecule has 0 aromatic carbocycles. The van der Waals surface area contributed by atoms with Crippen molar-refractivity contribution in [2.45, 2.75) is 46.1 Å². The maximum atomic E-state index is 11.7. The molecule has 1 aromatic rings. The van der Waals surface area contributed by atoms with Gasteiger partial charge in [0.1, 0.15) is 17.7 Å². The van der Waals surface area contributed by atoms with Crippen LogP contribution in [0, 0.1) is 6.92 Å². The van der Waals surface area contributed by atoms with Gasteiger partial charge in [-0.1, -0.05) is 6.92 Å². The van der Waals surface area contributed by atoms with E-state index in [-0.39, 0.29) is 6.10 Å². The molecule has 6 heteroatoms. The highest BCUT2D eigenvalue weighted by Gasteiger charge is 2.10. The SMILES string of the molecule is CCN(C)CCCCC(C)OC(=O)Nc1ccnc(C)n1. The highest BCUT2D eigenvalue weighted by molar-refractivity contribution is 5.83. The number of unbranched alkanes of at least 4 members (excludes halogenated alkanes) is 1. The molecule has 0 bridgehead atoms. The summed E-state index contributed by atoms with van der Waals surface area (Å²) in [5.41, 5.74) is 0. The van der Waals surface area contributed by atoms with Crippen molar-refractivity contribution in [1.29, 1.82) is 0 Å². The van der Waals surface area contributed by atoms with Gasteiger partial charge in [-0.15, -0.1) is 0 Å². The van der Waals surface area contributed by atoms with Crippen LogP contribution in [0.1, 0.15) is 38.9 Å². The number of nitrogens with zero attached hydrogens (tertiary/aromatic N) is 3. The first-order chi connectivity index (χ1) is 10.0. The minimum atomic E-state index is -0.466. The topological polar surface area (TPSA) is 67.3 Å². The molecular formula is C15H26N4O2. The van der Waals surface area contributed by atoms with E-state index in [0.717, 1.165) is 32.4 Å². The average molecular weight is 294 g/mol. The Kier molecular flexibility index (Phi) is 7.68. The minimum Gasteiger partial charge on any atom is -0.446 e. The van der Waals surface area contributed by atoms with Crippen LogP contribution in [0.15, 0.2) is 12.3 Å². The van der Waals surface area contributed by atoms with Crippen LogP contribution in [-0.4, -0.2) is 47.2 Å². The van der Waals surface area contributed by atoms with Crippen LogP contribution in [0.4, 0.5) is 10.6 Å². The number of carbonyl (C=O) groups excluding carboxylic acids is 1. The van der Waals surface area contributed by atoms with E-state index in [1.54, 1.807) is 19.2 Å². The van der Waals surface area contributed by atoms with Crippen molar-refractivity contribution in [3.63, 3.8) is 0 Å². The summed E-state index contributed by atoms with van der Waals surface area (Å²) in [6.07, 6.45) is 4.07. The highest BCUT2D eigenvalue weighted by Crippen LogP contribution is 2.08. The number of amides is 1. The van der Waals surface area contributed by atoms with E-state index in [1.165, 1.54) is 0 Å². The van der Waals surface area contributed by atoms with Crippen LogP contribution < -0.4 is 5.32 Å². The first-order valence-corrected chi connectivity index (χ1v) is 7.47. The Morgan fingerprint density at radius 3 is 2.90 bits per heavy atom. The first kappa shape index (κ1) is 17.4. The van der Waals surface area contributed by atoms with Gasteiger partial charge in [-0.25, -0.2) is 14.8 Å². The zero-order chi connectivity index (χ0) is 15.7. The maximum absolute atomic E-state index is 11.7. The summed E-state index contributed by atoms with van der Waals surface area (Å²) >= 11 is 0. The smallest absolute Gasteiger partial charge is 0.413 e. The van der Waals surface area contributed by atoms with Crippen LogP contribution in [0.2, 0.25) is 0 Å². The van der Waals surface area contributed by atoms with Crippen LogP contribution in [0.3, 0.4) is 0 Å². The fourth-order valence-electron chi connectivity index (χ4n) is 1.87. The average Bonchev–Trinajstić information content (AvgIpc) is 2.43. The molecule has 0 saturated carbocycles. The first-order valence-electron chi connectivity index (χ1n) is 7.47. The molecule has 1 amide bonds. The second kappa shape index (κ2) is 9.28. The number of rotatable bonds is 8. The second-order valence-electron chi connectivity index (χ2n) is 5.22. The lowest BCUT2D eigenvalue weighted by atomic mass is 10.1. The molecule has 1 heterocycles. The van der Waals surface area contributed by atoms with Gasteiger partial charge in [-0.05, 0) is 59.3 Å². The van der Waals surface area contributed by atoms with Gasteiger partial charge < -0.3 is 9.64 Å². The summed E-state index contributed by atoms with van der Waals surface area (Å²) in [6, 6.07) is 1.64. The van der Waals surface area contributed by atoms with Crippen molar-refractivity contribution in [1.82, 2.24) is 14.9 Å². The molecule has 0 aliphatic rings. The Balaban J connectivity index is 2.21. The molecular weight excluding hydrogens is 268 g/mol. The third-order valence-electron chi connectivity index (χ3n) is 3.25. The van der Waals surface area contributed by atoms with Gasteiger partial charge in [0.2, 0.25) is 0 Å². The Hall–Kier alpha value is -1.69. The molecule has 1 unspecified atom stereocenters. The van der Waals surface area contributed by atoms with Crippen molar-refractivity contribution in [3.8, 4) is 0 Å². The molecule has 118 valence electrons. The highest BCUT2D eigenvalue weighted by atomic mass is 16.6. The van der Waals surface area contributed by atoms with Gasteiger partial charge in [0.05, 0.1) is 0 Å².